The summed E-state index contributed by atoms with van der Waals surface area (Å²) in [4.78, 5) is 14.2. The Kier molecular flexibility index (Phi) is 4.34. The first-order chi connectivity index (χ1) is 14.1. The van der Waals surface area contributed by atoms with Gasteiger partial charge in [-0.2, -0.15) is 0 Å². The molecular formula is C23H23NO5. The second-order valence-electron chi connectivity index (χ2n) is 7.51. The van der Waals surface area contributed by atoms with Crippen LogP contribution < -0.4 is 24.7 Å². The number of nitrogens with zero attached hydrogens (tertiary/aromatic N) is 1. The van der Waals surface area contributed by atoms with Crippen LogP contribution >= 0.6 is 0 Å². The number of rotatable bonds is 3. The molecule has 6 nitrogen and oxygen atoms in total. The minimum absolute atomic E-state index is 0.308. The van der Waals surface area contributed by atoms with Gasteiger partial charge < -0.3 is 23.5 Å². The molecule has 29 heavy (non-hydrogen) atoms. The molecule has 0 N–H and O–H groups in total. The summed E-state index contributed by atoms with van der Waals surface area (Å²) >= 11 is 0. The number of ether oxygens (including phenoxy) is 3. The molecule has 0 fully saturated rings. The van der Waals surface area contributed by atoms with Gasteiger partial charge >= 0.3 is 5.63 Å². The van der Waals surface area contributed by atoms with Crippen molar-refractivity contribution in [1.82, 2.24) is 0 Å². The molecule has 0 radical (unpaired) electrons. The van der Waals surface area contributed by atoms with Crippen LogP contribution in [0.4, 0.5) is 5.69 Å². The molecule has 0 unspecified atom stereocenters. The summed E-state index contributed by atoms with van der Waals surface area (Å²) in [5.74, 6) is 2.35. The van der Waals surface area contributed by atoms with Gasteiger partial charge in [-0.3, -0.25) is 0 Å². The van der Waals surface area contributed by atoms with Crippen LogP contribution in [0.2, 0.25) is 0 Å². The lowest BCUT2D eigenvalue weighted by atomic mass is 9.98. The zero-order valence-corrected chi connectivity index (χ0v) is 16.6. The van der Waals surface area contributed by atoms with Gasteiger partial charge in [0.25, 0.3) is 0 Å². The summed E-state index contributed by atoms with van der Waals surface area (Å²) in [6.07, 6.45) is 1.81. The van der Waals surface area contributed by atoms with Gasteiger partial charge in [-0.15, -0.1) is 0 Å². The third-order valence-electron chi connectivity index (χ3n) is 5.51. The molecule has 0 aliphatic carbocycles. The molecule has 0 amide bonds. The molecule has 0 saturated carbocycles. The van der Waals surface area contributed by atoms with Gasteiger partial charge in [0.1, 0.15) is 24.5 Å². The Morgan fingerprint density at radius 1 is 1.03 bits per heavy atom. The SMILES string of the molecule is CCCc1cc(=O)oc2c(C)c3c(cc12)CN(c1ccc2c(c1)OCCO2)CO3. The Balaban J connectivity index is 1.55. The Morgan fingerprint density at radius 3 is 2.69 bits per heavy atom. The van der Waals surface area contributed by atoms with Crippen molar-refractivity contribution < 1.29 is 18.6 Å². The first kappa shape index (κ1) is 17.9. The standard InChI is InChI=1S/C23H23NO5/c1-3-4-15-10-21(25)29-23-14(2)22-16(9-18(15)23)12-24(13-28-22)17-5-6-19-20(11-17)27-8-7-26-19/h5-6,9-11H,3-4,7-8,12-13H2,1-2H3. The van der Waals surface area contributed by atoms with Gasteiger partial charge in [-0.1, -0.05) is 13.3 Å². The molecule has 2 aliphatic rings. The fourth-order valence-electron chi connectivity index (χ4n) is 4.15. The molecule has 0 atom stereocenters. The zero-order valence-electron chi connectivity index (χ0n) is 16.6. The van der Waals surface area contributed by atoms with E-state index in [1.165, 1.54) is 0 Å². The molecule has 0 saturated heterocycles. The van der Waals surface area contributed by atoms with E-state index in [0.717, 1.165) is 57.9 Å². The van der Waals surface area contributed by atoms with Crippen LogP contribution in [0.3, 0.4) is 0 Å². The fraction of sp³-hybridized carbons (Fsp3) is 0.348. The Morgan fingerprint density at radius 2 is 1.86 bits per heavy atom. The van der Waals surface area contributed by atoms with Crippen LogP contribution in [-0.4, -0.2) is 19.9 Å². The highest BCUT2D eigenvalue weighted by molar-refractivity contribution is 5.86. The molecule has 0 bridgehead atoms. The average Bonchev–Trinajstić information content (AvgIpc) is 2.74. The van der Waals surface area contributed by atoms with Gasteiger partial charge in [0.05, 0.1) is 0 Å². The molecular weight excluding hydrogens is 370 g/mol. The number of fused-ring (bicyclic) bond motifs is 3. The largest absolute Gasteiger partial charge is 0.486 e. The van der Waals surface area contributed by atoms with Crippen molar-refractivity contribution in [3.05, 3.63) is 57.4 Å². The molecule has 3 heterocycles. The van der Waals surface area contributed by atoms with Crippen molar-refractivity contribution in [2.24, 2.45) is 0 Å². The van der Waals surface area contributed by atoms with E-state index in [1.807, 2.05) is 25.1 Å². The molecule has 3 aromatic rings. The van der Waals surface area contributed by atoms with Crippen molar-refractivity contribution in [3.63, 3.8) is 0 Å². The molecule has 0 spiro atoms. The summed E-state index contributed by atoms with van der Waals surface area (Å²) in [6.45, 7) is 6.33. The van der Waals surface area contributed by atoms with Crippen LogP contribution in [0.25, 0.3) is 11.0 Å². The van der Waals surface area contributed by atoms with E-state index < -0.39 is 0 Å². The summed E-state index contributed by atoms with van der Waals surface area (Å²) < 4.78 is 23.0. The molecule has 2 aliphatic heterocycles. The maximum absolute atomic E-state index is 12.0. The van der Waals surface area contributed by atoms with Crippen LogP contribution in [0.5, 0.6) is 17.2 Å². The van der Waals surface area contributed by atoms with E-state index in [-0.39, 0.29) is 5.63 Å². The maximum atomic E-state index is 12.0. The molecule has 6 heteroatoms. The first-order valence-corrected chi connectivity index (χ1v) is 10.0. The van der Waals surface area contributed by atoms with E-state index in [0.29, 0.717) is 32.1 Å². The second-order valence-corrected chi connectivity index (χ2v) is 7.51. The van der Waals surface area contributed by atoms with Crippen molar-refractivity contribution in [3.8, 4) is 17.2 Å². The van der Waals surface area contributed by atoms with Crippen LogP contribution in [-0.2, 0) is 13.0 Å². The lowest BCUT2D eigenvalue weighted by molar-refractivity contribution is 0.171. The fourth-order valence-corrected chi connectivity index (χ4v) is 4.15. The minimum Gasteiger partial charge on any atom is -0.486 e. The lowest BCUT2D eigenvalue weighted by Gasteiger charge is -2.32. The predicted molar refractivity (Wildman–Crippen MR) is 110 cm³/mol. The van der Waals surface area contributed by atoms with E-state index in [1.54, 1.807) is 6.07 Å². The first-order valence-electron chi connectivity index (χ1n) is 10.0. The van der Waals surface area contributed by atoms with Crippen LogP contribution in [0.15, 0.2) is 39.5 Å². The van der Waals surface area contributed by atoms with Gasteiger partial charge in [0.2, 0.25) is 0 Å². The summed E-state index contributed by atoms with van der Waals surface area (Å²) in [7, 11) is 0. The monoisotopic (exact) mass is 393 g/mol. The maximum Gasteiger partial charge on any atom is 0.336 e. The van der Waals surface area contributed by atoms with Crippen molar-refractivity contribution in [2.45, 2.75) is 33.2 Å². The molecule has 5 rings (SSSR count). The van der Waals surface area contributed by atoms with Gasteiger partial charge in [-0.25, -0.2) is 4.79 Å². The van der Waals surface area contributed by atoms with Gasteiger partial charge in [0, 0.05) is 40.9 Å². The van der Waals surface area contributed by atoms with E-state index in [9.17, 15) is 4.79 Å². The quantitative estimate of drug-likeness (QED) is 0.622. The van der Waals surface area contributed by atoms with Gasteiger partial charge in [0.15, 0.2) is 18.2 Å². The van der Waals surface area contributed by atoms with Crippen LogP contribution in [0.1, 0.15) is 30.0 Å². The lowest BCUT2D eigenvalue weighted by Crippen LogP contribution is -2.32. The third kappa shape index (κ3) is 3.09. The number of benzene rings is 2. The normalized spacial score (nSPS) is 15.2. The Hall–Kier alpha value is -3.15. The number of aryl methyl sites for hydroxylation is 2. The zero-order chi connectivity index (χ0) is 20.0. The van der Waals surface area contributed by atoms with E-state index >= 15 is 0 Å². The van der Waals surface area contributed by atoms with Gasteiger partial charge in [-0.05, 0) is 37.1 Å². The smallest absolute Gasteiger partial charge is 0.336 e. The number of hydrogen-bond donors (Lipinski definition) is 0. The minimum atomic E-state index is -0.308. The van der Waals surface area contributed by atoms with E-state index in [4.69, 9.17) is 18.6 Å². The molecule has 1 aromatic heterocycles. The average molecular weight is 393 g/mol. The Bertz CT molecular complexity index is 1150. The van der Waals surface area contributed by atoms with Crippen molar-refractivity contribution >= 4 is 16.7 Å². The number of hydrogen-bond acceptors (Lipinski definition) is 6. The van der Waals surface area contributed by atoms with Crippen LogP contribution in [0, 0.1) is 6.92 Å². The van der Waals surface area contributed by atoms with Crippen molar-refractivity contribution in [1.29, 1.82) is 0 Å². The highest BCUT2D eigenvalue weighted by Crippen LogP contribution is 2.39. The summed E-state index contributed by atoms with van der Waals surface area (Å²) in [6, 6.07) is 9.68. The number of anilines is 1. The summed E-state index contributed by atoms with van der Waals surface area (Å²) in [5.41, 5.74) is 4.34. The van der Waals surface area contributed by atoms with E-state index in [2.05, 4.69) is 17.9 Å². The third-order valence-corrected chi connectivity index (χ3v) is 5.51. The predicted octanol–water partition coefficient (Wildman–Crippen LogP) is 4.18. The summed E-state index contributed by atoms with van der Waals surface area (Å²) in [5, 5.41) is 0.996. The van der Waals surface area contributed by atoms with Crippen molar-refractivity contribution in [2.75, 3.05) is 24.8 Å². The molecule has 150 valence electrons. The topological polar surface area (TPSA) is 61.1 Å². The highest BCUT2D eigenvalue weighted by Gasteiger charge is 2.24. The highest BCUT2D eigenvalue weighted by atomic mass is 16.6. The Labute approximate surface area is 168 Å². The second kappa shape index (κ2) is 7.03. The molecule has 2 aromatic carbocycles.